The molecule has 60 valence electrons. The topological polar surface area (TPSA) is 26.0 Å². The number of rotatable bonds is 2. The smallest absolute Gasteiger partial charge is 0.0166 e. The van der Waals surface area contributed by atoms with Gasteiger partial charge in [-0.3, -0.25) is 0 Å². The van der Waals surface area contributed by atoms with Gasteiger partial charge in [0.2, 0.25) is 0 Å². The first-order valence-corrected chi connectivity index (χ1v) is 6.40. The van der Waals surface area contributed by atoms with Gasteiger partial charge in [-0.15, -0.1) is 0 Å². The zero-order valence-electron chi connectivity index (χ0n) is 6.38. The van der Waals surface area contributed by atoms with Crippen LogP contribution in [0.3, 0.4) is 0 Å². The zero-order chi connectivity index (χ0) is 7.40. The van der Waals surface area contributed by atoms with Gasteiger partial charge in [-0.1, -0.05) is 28.0 Å². The summed E-state index contributed by atoms with van der Waals surface area (Å²) in [4.78, 5) is 0. The van der Waals surface area contributed by atoms with Gasteiger partial charge in [0.25, 0.3) is 0 Å². The molecule has 1 aliphatic rings. The van der Waals surface area contributed by atoms with Crippen molar-refractivity contribution in [3.8, 4) is 0 Å². The van der Waals surface area contributed by atoms with Gasteiger partial charge in [0, 0.05) is 11.3 Å². The summed E-state index contributed by atoms with van der Waals surface area (Å²) in [5.74, 6) is 0. The van der Waals surface area contributed by atoms with Crippen molar-refractivity contribution in [1.82, 2.24) is 0 Å². The second kappa shape index (κ2) is 4.52. The first kappa shape index (κ1) is 8.75. The Hall–Kier alpha value is 0.660. The zero-order valence-corrected chi connectivity index (χ0v) is 8.01. The van der Waals surface area contributed by atoms with Crippen molar-refractivity contribution in [3.63, 3.8) is 0 Å². The molecule has 0 radical (unpaired) electrons. The van der Waals surface area contributed by atoms with Gasteiger partial charge < -0.3 is 5.73 Å². The highest BCUT2D eigenvalue weighted by Crippen LogP contribution is 2.33. The highest BCUT2D eigenvalue weighted by Gasteiger charge is 2.18. The molecule has 10 heavy (non-hydrogen) atoms. The standard InChI is InChI=1S/C7H15NS2/c1-9-10-7-4-2-3-6(8)5-7/h6-7H,2-5,8H2,1H3. The third-order valence-corrected chi connectivity index (χ3v) is 4.19. The fourth-order valence-electron chi connectivity index (χ4n) is 1.40. The van der Waals surface area contributed by atoms with Crippen molar-refractivity contribution in [2.75, 3.05) is 6.26 Å². The van der Waals surface area contributed by atoms with Crippen molar-refractivity contribution in [3.05, 3.63) is 0 Å². The van der Waals surface area contributed by atoms with Crippen molar-refractivity contribution in [2.24, 2.45) is 5.73 Å². The van der Waals surface area contributed by atoms with E-state index < -0.39 is 0 Å². The molecule has 0 heterocycles. The van der Waals surface area contributed by atoms with Crippen molar-refractivity contribution >= 4 is 21.6 Å². The number of hydrogen-bond donors (Lipinski definition) is 1. The quantitative estimate of drug-likeness (QED) is 0.655. The van der Waals surface area contributed by atoms with Crippen LogP contribution in [0, 0.1) is 0 Å². The molecule has 1 nitrogen and oxygen atoms in total. The SMILES string of the molecule is CSSC1CCCC(N)C1. The summed E-state index contributed by atoms with van der Waals surface area (Å²) in [6.07, 6.45) is 7.32. The van der Waals surface area contributed by atoms with Gasteiger partial charge >= 0.3 is 0 Å². The minimum Gasteiger partial charge on any atom is -0.328 e. The summed E-state index contributed by atoms with van der Waals surface area (Å²) < 4.78 is 0. The van der Waals surface area contributed by atoms with Crippen LogP contribution in [0.15, 0.2) is 0 Å². The van der Waals surface area contributed by atoms with Crippen LogP contribution in [-0.2, 0) is 0 Å². The average Bonchev–Trinajstić information content (AvgIpc) is 1.88. The molecule has 1 rings (SSSR count). The Kier molecular flexibility index (Phi) is 3.96. The van der Waals surface area contributed by atoms with E-state index in [4.69, 9.17) is 5.73 Å². The van der Waals surface area contributed by atoms with Crippen molar-refractivity contribution in [2.45, 2.75) is 37.0 Å². The molecular weight excluding hydrogens is 162 g/mol. The van der Waals surface area contributed by atoms with E-state index in [0.717, 1.165) is 5.25 Å². The Morgan fingerprint density at radius 1 is 1.40 bits per heavy atom. The molecule has 0 aliphatic heterocycles. The normalized spacial score (nSPS) is 34.2. The lowest BCUT2D eigenvalue weighted by atomic mass is 9.96. The molecule has 0 bridgehead atoms. The molecule has 2 atom stereocenters. The fraction of sp³-hybridized carbons (Fsp3) is 1.00. The van der Waals surface area contributed by atoms with Gasteiger partial charge in [0.1, 0.15) is 0 Å². The predicted octanol–water partition coefficient (Wildman–Crippen LogP) is 2.27. The van der Waals surface area contributed by atoms with Gasteiger partial charge in [-0.25, -0.2) is 0 Å². The molecule has 0 aromatic carbocycles. The second-order valence-corrected chi connectivity index (χ2v) is 5.58. The Bertz CT molecular complexity index is 95.6. The highest BCUT2D eigenvalue weighted by atomic mass is 33.1. The van der Waals surface area contributed by atoms with Crippen molar-refractivity contribution in [1.29, 1.82) is 0 Å². The van der Waals surface area contributed by atoms with Crippen molar-refractivity contribution < 1.29 is 0 Å². The summed E-state index contributed by atoms with van der Waals surface area (Å²) in [6, 6.07) is 0.485. The van der Waals surface area contributed by atoms with Gasteiger partial charge in [0.15, 0.2) is 0 Å². The van der Waals surface area contributed by atoms with E-state index in [9.17, 15) is 0 Å². The predicted molar refractivity (Wildman–Crippen MR) is 51.3 cm³/mol. The largest absolute Gasteiger partial charge is 0.328 e. The molecule has 0 saturated heterocycles. The average molecular weight is 177 g/mol. The monoisotopic (exact) mass is 177 g/mol. The fourth-order valence-corrected chi connectivity index (χ4v) is 3.61. The molecule has 2 unspecified atom stereocenters. The summed E-state index contributed by atoms with van der Waals surface area (Å²) in [5.41, 5.74) is 5.83. The van der Waals surface area contributed by atoms with Gasteiger partial charge in [-0.2, -0.15) is 0 Å². The first-order chi connectivity index (χ1) is 4.83. The van der Waals surface area contributed by atoms with Crippen LogP contribution in [-0.4, -0.2) is 17.5 Å². The summed E-state index contributed by atoms with van der Waals surface area (Å²) >= 11 is 0. The lowest BCUT2D eigenvalue weighted by molar-refractivity contribution is 0.452. The van der Waals surface area contributed by atoms with Crippen LogP contribution in [0.25, 0.3) is 0 Å². The Balaban J connectivity index is 2.18. The molecular formula is C7H15NS2. The highest BCUT2D eigenvalue weighted by molar-refractivity contribution is 8.76. The van der Waals surface area contributed by atoms with Crippen LogP contribution in [0.5, 0.6) is 0 Å². The molecule has 2 N–H and O–H groups in total. The summed E-state index contributed by atoms with van der Waals surface area (Å²) in [7, 11) is 3.86. The van der Waals surface area contributed by atoms with Crippen LogP contribution < -0.4 is 5.73 Å². The van der Waals surface area contributed by atoms with E-state index in [1.54, 1.807) is 0 Å². The minimum atomic E-state index is 0.485. The maximum Gasteiger partial charge on any atom is 0.0166 e. The van der Waals surface area contributed by atoms with E-state index in [1.165, 1.54) is 25.7 Å². The van der Waals surface area contributed by atoms with E-state index in [1.807, 2.05) is 21.6 Å². The molecule has 0 aromatic rings. The minimum absolute atomic E-state index is 0.485. The second-order valence-electron chi connectivity index (χ2n) is 2.81. The Labute approximate surface area is 70.9 Å². The first-order valence-electron chi connectivity index (χ1n) is 3.78. The van der Waals surface area contributed by atoms with Crippen LogP contribution in [0.2, 0.25) is 0 Å². The molecule has 1 aliphatic carbocycles. The lowest BCUT2D eigenvalue weighted by Gasteiger charge is -2.24. The van der Waals surface area contributed by atoms with Crippen LogP contribution in [0.1, 0.15) is 25.7 Å². The van der Waals surface area contributed by atoms with E-state index >= 15 is 0 Å². The van der Waals surface area contributed by atoms with Crippen LogP contribution in [0.4, 0.5) is 0 Å². The molecule has 1 fully saturated rings. The third kappa shape index (κ3) is 2.72. The van der Waals surface area contributed by atoms with Gasteiger partial charge in [0.05, 0.1) is 0 Å². The Morgan fingerprint density at radius 3 is 2.80 bits per heavy atom. The van der Waals surface area contributed by atoms with E-state index in [2.05, 4.69) is 6.26 Å². The molecule has 0 aromatic heterocycles. The molecule has 0 amide bonds. The molecule has 3 heteroatoms. The number of hydrogen-bond acceptors (Lipinski definition) is 3. The van der Waals surface area contributed by atoms with E-state index in [0.29, 0.717) is 6.04 Å². The number of nitrogens with two attached hydrogens (primary N) is 1. The molecule has 0 spiro atoms. The van der Waals surface area contributed by atoms with E-state index in [-0.39, 0.29) is 0 Å². The summed E-state index contributed by atoms with van der Waals surface area (Å²) in [6.45, 7) is 0. The maximum absolute atomic E-state index is 5.83. The Morgan fingerprint density at radius 2 is 2.20 bits per heavy atom. The maximum atomic E-state index is 5.83. The third-order valence-electron chi connectivity index (χ3n) is 1.90. The molecule has 1 saturated carbocycles. The van der Waals surface area contributed by atoms with Crippen LogP contribution >= 0.6 is 21.6 Å². The lowest BCUT2D eigenvalue weighted by Crippen LogP contribution is -2.28. The summed E-state index contributed by atoms with van der Waals surface area (Å²) in [5, 5.41) is 0.832. The van der Waals surface area contributed by atoms with Gasteiger partial charge in [-0.05, 0) is 25.5 Å².